The lowest BCUT2D eigenvalue weighted by atomic mass is 10.2. The summed E-state index contributed by atoms with van der Waals surface area (Å²) in [5.41, 5.74) is 0.359. The Kier molecular flexibility index (Phi) is 4.68. The van der Waals surface area contributed by atoms with Crippen molar-refractivity contribution in [1.82, 2.24) is 0 Å². The first kappa shape index (κ1) is 12.4. The van der Waals surface area contributed by atoms with E-state index in [0.29, 0.717) is 35.0 Å². The number of aldehydes is 1. The molecule has 1 aromatic rings. The van der Waals surface area contributed by atoms with Gasteiger partial charge >= 0.3 is 0 Å². The molecular weight excluding hydrogens is 228 g/mol. The van der Waals surface area contributed by atoms with E-state index in [1.165, 1.54) is 12.1 Å². The Morgan fingerprint density at radius 2 is 2.12 bits per heavy atom. The molecule has 0 saturated carbocycles. The topological polar surface area (TPSA) is 35.5 Å². The van der Waals surface area contributed by atoms with E-state index < -0.39 is 0 Å². The number of terminal acetylenes is 1. The predicted molar refractivity (Wildman–Crippen MR) is 62.3 cm³/mol. The van der Waals surface area contributed by atoms with Crippen LogP contribution in [0.5, 0.6) is 11.5 Å². The number of benzene rings is 1. The minimum atomic E-state index is 0.122. The molecule has 0 aliphatic carbocycles. The van der Waals surface area contributed by atoms with E-state index in [4.69, 9.17) is 27.5 Å². The minimum absolute atomic E-state index is 0.122. The first-order valence-electron chi connectivity index (χ1n) is 4.70. The molecule has 0 aliphatic heterocycles. The number of rotatable bonds is 5. The molecule has 16 heavy (non-hydrogen) atoms. The zero-order valence-corrected chi connectivity index (χ0v) is 9.58. The maximum absolute atomic E-state index is 10.7. The molecule has 1 rings (SSSR count). The van der Waals surface area contributed by atoms with Crippen LogP contribution in [0.1, 0.15) is 17.3 Å². The first-order chi connectivity index (χ1) is 7.72. The number of hydrogen-bond acceptors (Lipinski definition) is 3. The Morgan fingerprint density at radius 1 is 1.44 bits per heavy atom. The molecule has 0 aromatic heterocycles. The standard InChI is InChI=1S/C12H11ClO3/c1-3-5-16-12-7-10(13)9(8-14)6-11(12)15-4-2/h1,6-8H,4-5H2,2H3. The summed E-state index contributed by atoms with van der Waals surface area (Å²) in [5.74, 6) is 3.25. The van der Waals surface area contributed by atoms with Crippen LogP contribution >= 0.6 is 11.6 Å². The van der Waals surface area contributed by atoms with E-state index in [9.17, 15) is 4.79 Å². The van der Waals surface area contributed by atoms with Crippen LogP contribution in [0.4, 0.5) is 0 Å². The van der Waals surface area contributed by atoms with Crippen molar-refractivity contribution in [2.75, 3.05) is 13.2 Å². The molecule has 0 saturated heterocycles. The van der Waals surface area contributed by atoms with Crippen molar-refractivity contribution in [3.8, 4) is 23.8 Å². The highest BCUT2D eigenvalue weighted by atomic mass is 35.5. The van der Waals surface area contributed by atoms with Crippen LogP contribution in [0.2, 0.25) is 5.02 Å². The van der Waals surface area contributed by atoms with Gasteiger partial charge in [-0.25, -0.2) is 0 Å². The number of carbonyl (C=O) groups is 1. The van der Waals surface area contributed by atoms with E-state index in [-0.39, 0.29) is 6.61 Å². The van der Waals surface area contributed by atoms with Gasteiger partial charge in [-0.15, -0.1) is 6.42 Å². The van der Waals surface area contributed by atoms with Gasteiger partial charge in [-0.1, -0.05) is 17.5 Å². The normalized spacial score (nSPS) is 9.31. The zero-order chi connectivity index (χ0) is 12.0. The molecule has 0 atom stereocenters. The van der Waals surface area contributed by atoms with Crippen molar-refractivity contribution in [2.45, 2.75) is 6.92 Å². The molecule has 3 nitrogen and oxygen atoms in total. The number of carbonyl (C=O) groups excluding carboxylic acids is 1. The van der Waals surface area contributed by atoms with Crippen molar-refractivity contribution in [1.29, 1.82) is 0 Å². The maximum atomic E-state index is 10.7. The minimum Gasteiger partial charge on any atom is -0.490 e. The summed E-state index contributed by atoms with van der Waals surface area (Å²) < 4.78 is 10.6. The molecule has 0 radical (unpaired) electrons. The molecular formula is C12H11ClO3. The second-order valence-corrected chi connectivity index (χ2v) is 3.27. The molecule has 84 valence electrons. The quantitative estimate of drug-likeness (QED) is 0.584. The molecule has 0 amide bonds. The molecule has 0 N–H and O–H groups in total. The fourth-order valence-electron chi connectivity index (χ4n) is 1.14. The summed E-state index contributed by atoms with van der Waals surface area (Å²) in [4.78, 5) is 10.7. The van der Waals surface area contributed by atoms with E-state index in [1.807, 2.05) is 6.92 Å². The summed E-state index contributed by atoms with van der Waals surface area (Å²) in [5, 5.41) is 0.311. The first-order valence-corrected chi connectivity index (χ1v) is 5.08. The smallest absolute Gasteiger partial charge is 0.164 e. The SMILES string of the molecule is C#CCOc1cc(Cl)c(C=O)cc1OCC. The third-order valence-corrected chi connectivity index (χ3v) is 2.13. The summed E-state index contributed by atoms with van der Waals surface area (Å²) in [6.45, 7) is 2.42. The molecule has 0 aliphatic rings. The maximum Gasteiger partial charge on any atom is 0.164 e. The van der Waals surface area contributed by atoms with Crippen molar-refractivity contribution in [3.05, 3.63) is 22.7 Å². The monoisotopic (exact) mass is 238 g/mol. The van der Waals surface area contributed by atoms with E-state index in [2.05, 4.69) is 5.92 Å². The molecule has 4 heteroatoms. The molecule has 0 heterocycles. The van der Waals surface area contributed by atoms with Crippen LogP contribution in [0, 0.1) is 12.3 Å². The lowest BCUT2D eigenvalue weighted by molar-refractivity contribution is 0.112. The van der Waals surface area contributed by atoms with Gasteiger partial charge in [0.1, 0.15) is 6.61 Å². The highest BCUT2D eigenvalue weighted by Gasteiger charge is 2.10. The summed E-state index contributed by atoms with van der Waals surface area (Å²) >= 11 is 5.86. The van der Waals surface area contributed by atoms with Gasteiger partial charge in [-0.2, -0.15) is 0 Å². The third kappa shape index (κ3) is 2.91. The van der Waals surface area contributed by atoms with Gasteiger partial charge < -0.3 is 9.47 Å². The van der Waals surface area contributed by atoms with Gasteiger partial charge in [0.25, 0.3) is 0 Å². The fraction of sp³-hybridized carbons (Fsp3) is 0.250. The van der Waals surface area contributed by atoms with E-state index >= 15 is 0 Å². The molecule has 0 bridgehead atoms. The largest absolute Gasteiger partial charge is 0.490 e. The Bertz CT molecular complexity index is 421. The number of hydrogen-bond donors (Lipinski definition) is 0. The zero-order valence-electron chi connectivity index (χ0n) is 8.83. The van der Waals surface area contributed by atoms with Crippen molar-refractivity contribution in [2.24, 2.45) is 0 Å². The highest BCUT2D eigenvalue weighted by molar-refractivity contribution is 6.33. The van der Waals surface area contributed by atoms with Crippen LogP contribution < -0.4 is 9.47 Å². The molecule has 1 aromatic carbocycles. The lowest BCUT2D eigenvalue weighted by Crippen LogP contribution is -2.00. The van der Waals surface area contributed by atoms with E-state index in [1.54, 1.807) is 0 Å². The van der Waals surface area contributed by atoms with Crippen LogP contribution in [0.25, 0.3) is 0 Å². The van der Waals surface area contributed by atoms with Gasteiger partial charge in [0.15, 0.2) is 17.8 Å². The summed E-state index contributed by atoms with van der Waals surface area (Å²) in [6, 6.07) is 3.05. The summed E-state index contributed by atoms with van der Waals surface area (Å²) in [6.07, 6.45) is 5.75. The Hall–Kier alpha value is -1.66. The number of ether oxygens (including phenoxy) is 2. The molecule has 0 fully saturated rings. The van der Waals surface area contributed by atoms with Crippen LogP contribution in [-0.4, -0.2) is 19.5 Å². The van der Waals surface area contributed by atoms with Crippen LogP contribution in [0.3, 0.4) is 0 Å². The van der Waals surface area contributed by atoms with Crippen LogP contribution in [0.15, 0.2) is 12.1 Å². The fourth-order valence-corrected chi connectivity index (χ4v) is 1.34. The van der Waals surface area contributed by atoms with Gasteiger partial charge in [-0.05, 0) is 13.0 Å². The average molecular weight is 239 g/mol. The second kappa shape index (κ2) is 6.04. The number of halogens is 1. The predicted octanol–water partition coefficient (Wildman–Crippen LogP) is 2.56. The Balaban J connectivity index is 3.09. The average Bonchev–Trinajstić information content (AvgIpc) is 2.29. The van der Waals surface area contributed by atoms with Crippen molar-refractivity contribution >= 4 is 17.9 Å². The van der Waals surface area contributed by atoms with Gasteiger partial charge in [-0.3, -0.25) is 4.79 Å². The lowest BCUT2D eigenvalue weighted by Gasteiger charge is -2.11. The Morgan fingerprint density at radius 3 is 2.69 bits per heavy atom. The summed E-state index contributed by atoms with van der Waals surface area (Å²) in [7, 11) is 0. The van der Waals surface area contributed by atoms with Crippen molar-refractivity contribution < 1.29 is 14.3 Å². The second-order valence-electron chi connectivity index (χ2n) is 2.86. The van der Waals surface area contributed by atoms with Gasteiger partial charge in [0.2, 0.25) is 0 Å². The molecule has 0 unspecified atom stereocenters. The van der Waals surface area contributed by atoms with Gasteiger partial charge in [0, 0.05) is 11.6 Å². The Labute approximate surface area is 99.3 Å². The van der Waals surface area contributed by atoms with Crippen LogP contribution in [-0.2, 0) is 0 Å². The highest BCUT2D eigenvalue weighted by Crippen LogP contribution is 2.32. The third-order valence-electron chi connectivity index (χ3n) is 1.80. The molecule has 0 spiro atoms. The van der Waals surface area contributed by atoms with Gasteiger partial charge in [0.05, 0.1) is 11.6 Å². The van der Waals surface area contributed by atoms with Crippen molar-refractivity contribution in [3.63, 3.8) is 0 Å². The van der Waals surface area contributed by atoms with E-state index in [0.717, 1.165) is 0 Å².